The number of amides is 1. The van der Waals surface area contributed by atoms with Crippen molar-refractivity contribution in [1.82, 2.24) is 15.3 Å². The van der Waals surface area contributed by atoms with Crippen LogP contribution in [-0.4, -0.2) is 33.5 Å². The molecule has 1 atom stereocenters. The second kappa shape index (κ2) is 8.29. The summed E-state index contributed by atoms with van der Waals surface area (Å²) in [6.07, 6.45) is 1.54. The van der Waals surface area contributed by atoms with Crippen LogP contribution in [0.1, 0.15) is 43.7 Å². The molecule has 0 spiro atoms. The molecule has 2 rings (SSSR count). The predicted molar refractivity (Wildman–Crippen MR) is 97.6 cm³/mol. The van der Waals surface area contributed by atoms with Crippen molar-refractivity contribution < 1.29 is 14.0 Å². The Balaban J connectivity index is 2.23. The number of Topliss-reactive ketones (excluding diaryl/α,β-unsaturated/α-hetero) is 1. The average Bonchev–Trinajstić information content (AvgIpc) is 3.06. The lowest BCUT2D eigenvalue weighted by atomic mass is 10.1. The zero-order valence-corrected chi connectivity index (χ0v) is 15.9. The van der Waals surface area contributed by atoms with Gasteiger partial charge in [-0.3, -0.25) is 9.59 Å². The van der Waals surface area contributed by atoms with Gasteiger partial charge in [-0.15, -0.1) is 0 Å². The van der Waals surface area contributed by atoms with Crippen LogP contribution in [0.4, 0.5) is 0 Å². The van der Waals surface area contributed by atoms with Gasteiger partial charge in [0.15, 0.2) is 17.4 Å². The number of carbonyl (C=O) groups excluding carboxylic acids is 2. The molecule has 0 aliphatic carbocycles. The fourth-order valence-electron chi connectivity index (χ4n) is 2.17. The fourth-order valence-corrected chi connectivity index (χ4v) is 3.11. The highest BCUT2D eigenvalue weighted by molar-refractivity contribution is 8.00. The lowest BCUT2D eigenvalue weighted by Gasteiger charge is -2.17. The van der Waals surface area contributed by atoms with E-state index in [9.17, 15) is 9.59 Å². The maximum atomic E-state index is 12.1. The normalized spacial score (nSPS) is 12.2. The van der Waals surface area contributed by atoms with E-state index in [0.717, 1.165) is 0 Å². The first-order valence-corrected chi connectivity index (χ1v) is 9.13. The van der Waals surface area contributed by atoms with Crippen LogP contribution in [0.3, 0.4) is 0 Å². The first kappa shape index (κ1) is 19.2. The SMILES string of the molecule is CC(=O)c1c(C)nc(-c2ccco2)nc1SCC(=O)N[C@@H](C)C(C)C. The van der Waals surface area contributed by atoms with Crippen molar-refractivity contribution in [2.45, 2.75) is 45.7 Å². The third-order valence-corrected chi connectivity index (χ3v) is 4.85. The van der Waals surface area contributed by atoms with Gasteiger partial charge >= 0.3 is 0 Å². The zero-order valence-electron chi connectivity index (χ0n) is 15.1. The van der Waals surface area contributed by atoms with Gasteiger partial charge in [0, 0.05) is 6.04 Å². The number of thioether (sulfide) groups is 1. The first-order chi connectivity index (χ1) is 11.8. The molecule has 6 nitrogen and oxygen atoms in total. The molecule has 0 aliphatic heterocycles. The van der Waals surface area contributed by atoms with Gasteiger partial charge in [-0.25, -0.2) is 9.97 Å². The molecule has 7 heteroatoms. The molecule has 0 aliphatic rings. The summed E-state index contributed by atoms with van der Waals surface area (Å²) in [4.78, 5) is 32.9. The standard InChI is InChI=1S/C18H23N3O3S/c1-10(2)11(3)19-15(23)9-25-18-16(13(5)22)12(4)20-17(21-18)14-7-6-8-24-14/h6-8,10-11H,9H2,1-5H3,(H,19,23)/t11-/m0/s1. The van der Waals surface area contributed by atoms with Gasteiger partial charge in [-0.2, -0.15) is 0 Å². The van der Waals surface area contributed by atoms with Crippen LogP contribution in [0.25, 0.3) is 11.6 Å². The number of carbonyl (C=O) groups is 2. The minimum Gasteiger partial charge on any atom is -0.461 e. The quantitative estimate of drug-likeness (QED) is 0.461. The summed E-state index contributed by atoms with van der Waals surface area (Å²) in [5, 5.41) is 3.45. The van der Waals surface area contributed by atoms with Crippen molar-refractivity contribution in [3.63, 3.8) is 0 Å². The summed E-state index contributed by atoms with van der Waals surface area (Å²) < 4.78 is 5.34. The molecule has 0 saturated heterocycles. The van der Waals surface area contributed by atoms with E-state index >= 15 is 0 Å². The van der Waals surface area contributed by atoms with Gasteiger partial charge in [0.25, 0.3) is 0 Å². The van der Waals surface area contributed by atoms with E-state index in [1.54, 1.807) is 25.3 Å². The Bertz CT molecular complexity index is 757. The molecule has 2 aromatic rings. The Kier molecular flexibility index (Phi) is 6.36. The molecular weight excluding hydrogens is 338 g/mol. The summed E-state index contributed by atoms with van der Waals surface area (Å²) in [6.45, 7) is 9.31. The maximum absolute atomic E-state index is 12.1. The minimum atomic E-state index is -0.123. The van der Waals surface area contributed by atoms with Crippen LogP contribution in [0, 0.1) is 12.8 Å². The number of hydrogen-bond donors (Lipinski definition) is 1. The van der Waals surface area contributed by atoms with E-state index in [4.69, 9.17) is 4.42 Å². The number of aryl methyl sites for hydroxylation is 1. The predicted octanol–water partition coefficient (Wildman–Crippen LogP) is 3.50. The molecule has 0 bridgehead atoms. The van der Waals surface area contributed by atoms with Crippen LogP contribution < -0.4 is 5.32 Å². The minimum absolute atomic E-state index is 0.0866. The molecule has 1 N–H and O–H groups in total. The summed E-state index contributed by atoms with van der Waals surface area (Å²) in [5.41, 5.74) is 1.03. The van der Waals surface area contributed by atoms with E-state index in [-0.39, 0.29) is 23.5 Å². The Hall–Kier alpha value is -2.15. The largest absolute Gasteiger partial charge is 0.461 e. The van der Waals surface area contributed by atoms with Gasteiger partial charge in [-0.05, 0) is 38.8 Å². The van der Waals surface area contributed by atoms with Crippen molar-refractivity contribution in [1.29, 1.82) is 0 Å². The summed E-state index contributed by atoms with van der Waals surface area (Å²) in [6, 6.07) is 3.60. The number of rotatable bonds is 7. The van der Waals surface area contributed by atoms with Crippen LogP contribution in [0.2, 0.25) is 0 Å². The van der Waals surface area contributed by atoms with Crippen LogP contribution >= 0.6 is 11.8 Å². The highest BCUT2D eigenvalue weighted by Crippen LogP contribution is 2.27. The third kappa shape index (κ3) is 4.92. The lowest BCUT2D eigenvalue weighted by molar-refractivity contribution is -0.119. The lowest BCUT2D eigenvalue weighted by Crippen LogP contribution is -2.37. The molecule has 0 fully saturated rings. The smallest absolute Gasteiger partial charge is 0.230 e. The molecule has 25 heavy (non-hydrogen) atoms. The third-order valence-electron chi connectivity index (χ3n) is 3.88. The van der Waals surface area contributed by atoms with E-state index in [0.29, 0.717) is 33.8 Å². The second-order valence-electron chi connectivity index (χ2n) is 6.24. The molecule has 1 amide bonds. The highest BCUT2D eigenvalue weighted by Gasteiger charge is 2.19. The Morgan fingerprint density at radius 3 is 2.56 bits per heavy atom. The first-order valence-electron chi connectivity index (χ1n) is 8.15. The topological polar surface area (TPSA) is 85.1 Å². The molecule has 0 radical (unpaired) electrons. The summed E-state index contributed by atoms with van der Waals surface area (Å²) in [7, 11) is 0. The van der Waals surface area contributed by atoms with Crippen LogP contribution in [-0.2, 0) is 4.79 Å². The molecule has 134 valence electrons. The number of hydrogen-bond acceptors (Lipinski definition) is 6. The molecular formula is C18H23N3O3S. The van der Waals surface area contributed by atoms with E-state index in [1.165, 1.54) is 18.7 Å². The number of furan rings is 1. The number of nitrogens with zero attached hydrogens (tertiary/aromatic N) is 2. The summed E-state index contributed by atoms with van der Waals surface area (Å²) >= 11 is 1.24. The van der Waals surface area contributed by atoms with Gasteiger partial charge in [0.1, 0.15) is 5.03 Å². The van der Waals surface area contributed by atoms with Gasteiger partial charge in [0.2, 0.25) is 5.91 Å². The average molecular weight is 361 g/mol. The van der Waals surface area contributed by atoms with Gasteiger partial charge in [-0.1, -0.05) is 25.6 Å². The van der Waals surface area contributed by atoms with Crippen molar-refractivity contribution >= 4 is 23.5 Å². The fraction of sp³-hybridized carbons (Fsp3) is 0.444. The van der Waals surface area contributed by atoms with Gasteiger partial charge < -0.3 is 9.73 Å². The van der Waals surface area contributed by atoms with Crippen LogP contribution in [0.5, 0.6) is 0 Å². The number of nitrogens with one attached hydrogen (secondary N) is 1. The van der Waals surface area contributed by atoms with Crippen molar-refractivity contribution in [3.8, 4) is 11.6 Å². The highest BCUT2D eigenvalue weighted by atomic mass is 32.2. The van der Waals surface area contributed by atoms with E-state index in [1.807, 2.05) is 6.92 Å². The van der Waals surface area contributed by atoms with Crippen molar-refractivity contribution in [3.05, 3.63) is 29.7 Å². The molecule has 0 aromatic carbocycles. The molecule has 0 unspecified atom stereocenters. The maximum Gasteiger partial charge on any atom is 0.230 e. The number of ketones is 1. The molecule has 0 saturated carbocycles. The van der Waals surface area contributed by atoms with Crippen molar-refractivity contribution in [2.75, 3.05) is 5.75 Å². The Labute approximate surface area is 151 Å². The van der Waals surface area contributed by atoms with Crippen molar-refractivity contribution in [2.24, 2.45) is 5.92 Å². The van der Waals surface area contributed by atoms with Gasteiger partial charge in [0.05, 0.1) is 23.3 Å². The number of aromatic nitrogens is 2. The monoisotopic (exact) mass is 361 g/mol. The van der Waals surface area contributed by atoms with Crippen LogP contribution in [0.15, 0.2) is 27.8 Å². The molecule has 2 aromatic heterocycles. The van der Waals surface area contributed by atoms with E-state index in [2.05, 4.69) is 29.1 Å². The zero-order chi connectivity index (χ0) is 18.6. The Morgan fingerprint density at radius 2 is 2.00 bits per heavy atom. The summed E-state index contributed by atoms with van der Waals surface area (Å²) in [5.74, 6) is 1.27. The van der Waals surface area contributed by atoms with E-state index < -0.39 is 0 Å². The second-order valence-corrected chi connectivity index (χ2v) is 7.20. The Morgan fingerprint density at radius 1 is 1.28 bits per heavy atom. The molecule has 2 heterocycles.